The molecular weight excluding hydrogens is 238 g/mol. The van der Waals surface area contributed by atoms with Crippen LogP contribution in [0.1, 0.15) is 19.8 Å². The molecule has 0 aromatic heterocycles. The Labute approximate surface area is 115 Å². The van der Waals surface area contributed by atoms with Crippen LogP contribution in [-0.4, -0.2) is 26.5 Å². The highest BCUT2D eigenvalue weighted by molar-refractivity contribution is 5.98. The van der Waals surface area contributed by atoms with Crippen molar-refractivity contribution in [1.82, 2.24) is 0 Å². The van der Waals surface area contributed by atoms with Gasteiger partial charge in [-0.3, -0.25) is 4.79 Å². The van der Waals surface area contributed by atoms with Crippen LogP contribution in [-0.2, 0) is 4.79 Å². The molecule has 19 heavy (non-hydrogen) atoms. The Balaban J connectivity index is 2.15. The summed E-state index contributed by atoms with van der Waals surface area (Å²) < 4.78 is 0. The third kappa shape index (κ3) is 2.59. The molecule has 0 spiro atoms. The first-order chi connectivity index (χ1) is 8.98. The first-order valence-corrected chi connectivity index (χ1v) is 6.76. The highest BCUT2D eigenvalue weighted by Gasteiger charge is 2.47. The summed E-state index contributed by atoms with van der Waals surface area (Å²) >= 11 is 0. The number of amides is 1. The number of para-hydroxylation sites is 2. The molecule has 1 aliphatic rings. The lowest BCUT2D eigenvalue weighted by Crippen LogP contribution is -2.51. The predicted octanol–water partition coefficient (Wildman–Crippen LogP) is 2.07. The lowest BCUT2D eigenvalue weighted by molar-refractivity contribution is -0.132. The molecule has 1 aromatic carbocycles. The topological polar surface area (TPSA) is 58.4 Å². The molecule has 1 amide bonds. The van der Waals surface area contributed by atoms with Crippen LogP contribution in [0, 0.1) is 11.3 Å². The van der Waals surface area contributed by atoms with E-state index in [2.05, 4.69) is 12.2 Å². The fraction of sp³-hybridized carbons (Fsp3) is 0.533. The van der Waals surface area contributed by atoms with Gasteiger partial charge in [0.2, 0.25) is 5.91 Å². The molecule has 0 aliphatic heterocycles. The van der Waals surface area contributed by atoms with Crippen molar-refractivity contribution in [3.05, 3.63) is 24.3 Å². The van der Waals surface area contributed by atoms with Crippen molar-refractivity contribution in [2.45, 2.75) is 19.8 Å². The Morgan fingerprint density at radius 2 is 2.05 bits per heavy atom. The third-order valence-electron chi connectivity index (χ3n) is 3.98. The summed E-state index contributed by atoms with van der Waals surface area (Å²) in [5, 5.41) is 3.05. The Hall–Kier alpha value is -1.55. The highest BCUT2D eigenvalue weighted by Crippen LogP contribution is 2.45. The van der Waals surface area contributed by atoms with E-state index in [4.69, 9.17) is 5.73 Å². The quantitative estimate of drug-likeness (QED) is 0.872. The summed E-state index contributed by atoms with van der Waals surface area (Å²) in [7, 11) is 3.93. The number of carbonyl (C=O) groups is 1. The minimum Gasteiger partial charge on any atom is -0.376 e. The largest absolute Gasteiger partial charge is 0.376 e. The van der Waals surface area contributed by atoms with Crippen LogP contribution < -0.4 is 16.0 Å². The Kier molecular flexibility index (Phi) is 3.80. The second-order valence-electron chi connectivity index (χ2n) is 5.86. The zero-order valence-corrected chi connectivity index (χ0v) is 11.9. The molecule has 3 N–H and O–H groups in total. The molecule has 1 aromatic rings. The number of benzene rings is 1. The molecule has 0 heterocycles. The fourth-order valence-corrected chi connectivity index (χ4v) is 2.94. The highest BCUT2D eigenvalue weighted by atomic mass is 16.2. The van der Waals surface area contributed by atoms with Crippen molar-refractivity contribution in [3.8, 4) is 0 Å². The van der Waals surface area contributed by atoms with E-state index in [0.717, 1.165) is 24.2 Å². The van der Waals surface area contributed by atoms with Gasteiger partial charge in [0, 0.05) is 20.6 Å². The van der Waals surface area contributed by atoms with Gasteiger partial charge in [0.05, 0.1) is 16.8 Å². The SMILES string of the molecule is CC1CC(CN)(C(=O)Nc2ccccc2N(C)C)C1. The summed E-state index contributed by atoms with van der Waals surface area (Å²) in [5.41, 5.74) is 7.31. The predicted molar refractivity (Wildman–Crippen MR) is 79.3 cm³/mol. The van der Waals surface area contributed by atoms with E-state index in [1.54, 1.807) is 0 Å². The van der Waals surface area contributed by atoms with E-state index in [-0.39, 0.29) is 11.3 Å². The van der Waals surface area contributed by atoms with Crippen molar-refractivity contribution in [3.63, 3.8) is 0 Å². The van der Waals surface area contributed by atoms with Gasteiger partial charge >= 0.3 is 0 Å². The smallest absolute Gasteiger partial charge is 0.231 e. The number of nitrogens with two attached hydrogens (primary N) is 1. The molecule has 0 bridgehead atoms. The first kappa shape index (κ1) is 13.9. The molecule has 0 radical (unpaired) electrons. The molecule has 4 nitrogen and oxygen atoms in total. The maximum Gasteiger partial charge on any atom is 0.231 e. The molecule has 0 unspecified atom stereocenters. The number of nitrogens with one attached hydrogen (secondary N) is 1. The fourth-order valence-electron chi connectivity index (χ4n) is 2.94. The van der Waals surface area contributed by atoms with Gasteiger partial charge in [0.25, 0.3) is 0 Å². The van der Waals surface area contributed by atoms with Crippen molar-refractivity contribution < 1.29 is 4.79 Å². The summed E-state index contributed by atoms with van der Waals surface area (Å²) in [6.45, 7) is 2.59. The average molecular weight is 261 g/mol. The molecule has 104 valence electrons. The number of carbonyl (C=O) groups excluding carboxylic acids is 1. The lowest BCUT2D eigenvalue weighted by atomic mass is 9.62. The van der Waals surface area contributed by atoms with E-state index < -0.39 is 0 Å². The zero-order valence-electron chi connectivity index (χ0n) is 11.9. The van der Waals surface area contributed by atoms with Gasteiger partial charge in [0.15, 0.2) is 0 Å². The standard InChI is InChI=1S/C15H23N3O/c1-11-8-15(9-11,10-16)14(19)17-12-6-4-5-7-13(12)18(2)3/h4-7,11H,8-10,16H2,1-3H3,(H,17,19). The van der Waals surface area contributed by atoms with Crippen LogP contribution in [0.3, 0.4) is 0 Å². The molecular formula is C15H23N3O. The van der Waals surface area contributed by atoms with Gasteiger partial charge in [-0.05, 0) is 30.9 Å². The molecule has 4 heteroatoms. The van der Waals surface area contributed by atoms with Crippen molar-refractivity contribution in [2.24, 2.45) is 17.1 Å². The summed E-state index contributed by atoms with van der Waals surface area (Å²) in [6, 6.07) is 7.82. The van der Waals surface area contributed by atoms with Crippen LogP contribution in [0.4, 0.5) is 11.4 Å². The van der Waals surface area contributed by atoms with E-state index in [9.17, 15) is 4.79 Å². The van der Waals surface area contributed by atoms with Crippen LogP contribution >= 0.6 is 0 Å². The van der Waals surface area contributed by atoms with Gasteiger partial charge in [-0.15, -0.1) is 0 Å². The first-order valence-electron chi connectivity index (χ1n) is 6.76. The second-order valence-corrected chi connectivity index (χ2v) is 5.86. The average Bonchev–Trinajstić information content (AvgIpc) is 2.35. The Morgan fingerprint density at radius 3 is 2.58 bits per heavy atom. The maximum absolute atomic E-state index is 12.5. The van der Waals surface area contributed by atoms with E-state index in [0.29, 0.717) is 12.5 Å². The minimum atomic E-state index is -0.362. The molecule has 1 fully saturated rings. The minimum absolute atomic E-state index is 0.0578. The zero-order chi connectivity index (χ0) is 14.0. The van der Waals surface area contributed by atoms with Crippen molar-refractivity contribution in [2.75, 3.05) is 30.9 Å². The summed E-state index contributed by atoms with van der Waals surface area (Å²) in [4.78, 5) is 14.5. The lowest BCUT2D eigenvalue weighted by Gasteiger charge is -2.44. The van der Waals surface area contributed by atoms with E-state index in [1.165, 1.54) is 0 Å². The van der Waals surface area contributed by atoms with Crippen LogP contribution in [0.2, 0.25) is 0 Å². The third-order valence-corrected chi connectivity index (χ3v) is 3.98. The summed E-state index contributed by atoms with van der Waals surface area (Å²) in [6.07, 6.45) is 1.78. The number of nitrogens with zero attached hydrogens (tertiary/aromatic N) is 1. The normalized spacial score (nSPS) is 25.6. The number of rotatable bonds is 4. The van der Waals surface area contributed by atoms with Crippen molar-refractivity contribution >= 4 is 17.3 Å². The van der Waals surface area contributed by atoms with E-state index >= 15 is 0 Å². The van der Waals surface area contributed by atoms with Gasteiger partial charge in [-0.2, -0.15) is 0 Å². The Morgan fingerprint density at radius 1 is 1.42 bits per heavy atom. The molecule has 1 aliphatic carbocycles. The van der Waals surface area contributed by atoms with Gasteiger partial charge < -0.3 is 16.0 Å². The van der Waals surface area contributed by atoms with E-state index in [1.807, 2.05) is 43.3 Å². The van der Waals surface area contributed by atoms with Crippen molar-refractivity contribution in [1.29, 1.82) is 0 Å². The summed E-state index contributed by atoms with van der Waals surface area (Å²) in [5.74, 6) is 0.654. The second kappa shape index (κ2) is 5.21. The van der Waals surface area contributed by atoms with Gasteiger partial charge in [-0.25, -0.2) is 0 Å². The van der Waals surface area contributed by atoms with Crippen LogP contribution in [0.15, 0.2) is 24.3 Å². The van der Waals surface area contributed by atoms with Crippen LogP contribution in [0.25, 0.3) is 0 Å². The van der Waals surface area contributed by atoms with Crippen LogP contribution in [0.5, 0.6) is 0 Å². The van der Waals surface area contributed by atoms with Gasteiger partial charge in [-0.1, -0.05) is 19.1 Å². The Bertz CT molecular complexity index is 464. The maximum atomic E-state index is 12.5. The molecule has 2 rings (SSSR count). The number of hydrogen-bond donors (Lipinski definition) is 2. The number of anilines is 2. The molecule has 0 atom stereocenters. The monoisotopic (exact) mass is 261 g/mol. The molecule has 0 saturated heterocycles. The molecule has 1 saturated carbocycles. The van der Waals surface area contributed by atoms with Gasteiger partial charge in [0.1, 0.15) is 0 Å². The number of hydrogen-bond acceptors (Lipinski definition) is 3.